The molecule has 2 aromatic rings. The van der Waals surface area contributed by atoms with Gasteiger partial charge in [0.05, 0.1) is 6.04 Å². The fourth-order valence-corrected chi connectivity index (χ4v) is 2.48. The van der Waals surface area contributed by atoms with Gasteiger partial charge in [0, 0.05) is 5.56 Å². The third-order valence-corrected chi connectivity index (χ3v) is 4.25. The number of ether oxygens (including phenoxy) is 1. The number of esters is 1. The Morgan fingerprint density at radius 3 is 2.50 bits per heavy atom. The lowest BCUT2D eigenvalue weighted by molar-refractivity contribution is -0.147. The van der Waals surface area contributed by atoms with E-state index < -0.39 is 36.8 Å². The maximum Gasteiger partial charge on any atom is 0.325 e. The zero-order valence-electron chi connectivity index (χ0n) is 16.0. The molecule has 2 aromatic carbocycles. The molecule has 0 aromatic heterocycles. The summed E-state index contributed by atoms with van der Waals surface area (Å²) < 4.78 is 17.9. The predicted octanol–water partition coefficient (Wildman–Crippen LogP) is 2.59. The quantitative estimate of drug-likeness (QED) is 0.717. The molecular weight excluding hydrogens is 363 g/mol. The fraction of sp³-hybridized carbons (Fsp3) is 0.286. The minimum atomic E-state index is -0.765. The van der Waals surface area contributed by atoms with Crippen LogP contribution in [0.3, 0.4) is 0 Å². The van der Waals surface area contributed by atoms with Crippen molar-refractivity contribution in [3.63, 3.8) is 0 Å². The molecule has 0 aliphatic heterocycles. The SMILES string of the molecule is Cc1ccc([C@@H](C)NC(=O)COC(=O)CNC(=O)c2cccc(F)c2)cc1C. The zero-order chi connectivity index (χ0) is 20.7. The van der Waals surface area contributed by atoms with Gasteiger partial charge in [-0.25, -0.2) is 4.39 Å². The standard InChI is InChI=1S/C21H23FN2O4/c1-13-7-8-16(9-14(13)2)15(3)24-19(25)12-28-20(26)11-23-21(27)17-5-4-6-18(22)10-17/h4-10,15H,11-12H2,1-3H3,(H,23,27)(H,24,25)/t15-/m1/s1. The lowest BCUT2D eigenvalue weighted by atomic mass is 10.0. The highest BCUT2D eigenvalue weighted by molar-refractivity contribution is 5.96. The van der Waals surface area contributed by atoms with Gasteiger partial charge in [0.1, 0.15) is 12.4 Å². The number of carbonyl (C=O) groups is 3. The molecule has 0 spiro atoms. The normalized spacial score (nSPS) is 11.4. The zero-order valence-corrected chi connectivity index (χ0v) is 16.0. The summed E-state index contributed by atoms with van der Waals surface area (Å²) in [4.78, 5) is 35.5. The number of rotatable bonds is 7. The van der Waals surface area contributed by atoms with Crippen LogP contribution in [0.5, 0.6) is 0 Å². The van der Waals surface area contributed by atoms with E-state index in [9.17, 15) is 18.8 Å². The smallest absolute Gasteiger partial charge is 0.325 e. The minimum Gasteiger partial charge on any atom is -0.454 e. The molecule has 0 saturated carbocycles. The summed E-state index contributed by atoms with van der Waals surface area (Å²) in [7, 11) is 0. The first kappa shape index (κ1) is 21.1. The van der Waals surface area contributed by atoms with Crippen molar-refractivity contribution in [2.75, 3.05) is 13.2 Å². The van der Waals surface area contributed by atoms with E-state index in [0.29, 0.717) is 0 Å². The molecular formula is C21H23FN2O4. The monoisotopic (exact) mass is 386 g/mol. The first-order chi connectivity index (χ1) is 13.3. The molecule has 0 radical (unpaired) electrons. The number of carbonyl (C=O) groups excluding carboxylic acids is 3. The first-order valence-corrected chi connectivity index (χ1v) is 8.82. The van der Waals surface area contributed by atoms with E-state index in [1.54, 1.807) is 0 Å². The van der Waals surface area contributed by atoms with Crippen LogP contribution in [-0.4, -0.2) is 30.9 Å². The van der Waals surface area contributed by atoms with E-state index in [1.165, 1.54) is 18.2 Å². The van der Waals surface area contributed by atoms with Crippen molar-refractivity contribution in [3.8, 4) is 0 Å². The average Bonchev–Trinajstić information content (AvgIpc) is 2.66. The van der Waals surface area contributed by atoms with Gasteiger partial charge in [-0.05, 0) is 55.7 Å². The molecule has 0 aliphatic carbocycles. The highest BCUT2D eigenvalue weighted by atomic mass is 19.1. The summed E-state index contributed by atoms with van der Waals surface area (Å²) in [5.41, 5.74) is 3.33. The van der Waals surface area contributed by atoms with E-state index in [1.807, 2.05) is 39.0 Å². The maximum atomic E-state index is 13.1. The van der Waals surface area contributed by atoms with Gasteiger partial charge in [-0.1, -0.05) is 24.3 Å². The Morgan fingerprint density at radius 2 is 1.82 bits per heavy atom. The topological polar surface area (TPSA) is 84.5 Å². The molecule has 0 heterocycles. The Kier molecular flexibility index (Phi) is 7.26. The number of aryl methyl sites for hydroxylation is 2. The molecule has 148 valence electrons. The fourth-order valence-electron chi connectivity index (χ4n) is 2.48. The van der Waals surface area contributed by atoms with Gasteiger partial charge < -0.3 is 15.4 Å². The maximum absolute atomic E-state index is 13.1. The van der Waals surface area contributed by atoms with E-state index >= 15 is 0 Å². The van der Waals surface area contributed by atoms with Gasteiger partial charge >= 0.3 is 5.97 Å². The number of hydrogen-bond donors (Lipinski definition) is 2. The molecule has 6 nitrogen and oxygen atoms in total. The molecule has 0 fully saturated rings. The molecule has 2 N–H and O–H groups in total. The van der Waals surface area contributed by atoms with Crippen molar-refractivity contribution < 1.29 is 23.5 Å². The predicted molar refractivity (Wildman–Crippen MR) is 102 cm³/mol. The van der Waals surface area contributed by atoms with Crippen LogP contribution < -0.4 is 10.6 Å². The van der Waals surface area contributed by atoms with Crippen molar-refractivity contribution in [2.45, 2.75) is 26.8 Å². The summed E-state index contributed by atoms with van der Waals surface area (Å²) in [6.45, 7) is 4.96. The van der Waals surface area contributed by atoms with E-state index in [-0.39, 0.29) is 11.6 Å². The minimum absolute atomic E-state index is 0.0905. The van der Waals surface area contributed by atoms with Crippen LogP contribution in [0.15, 0.2) is 42.5 Å². The molecule has 2 amide bonds. The largest absolute Gasteiger partial charge is 0.454 e. The van der Waals surface area contributed by atoms with Crippen LogP contribution in [0.25, 0.3) is 0 Å². The van der Waals surface area contributed by atoms with E-state index in [0.717, 1.165) is 22.8 Å². The second-order valence-electron chi connectivity index (χ2n) is 6.49. The third-order valence-electron chi connectivity index (χ3n) is 4.25. The number of benzene rings is 2. The Hall–Kier alpha value is -3.22. The van der Waals surface area contributed by atoms with Crippen LogP contribution in [0.2, 0.25) is 0 Å². The number of amides is 2. The van der Waals surface area contributed by atoms with E-state index in [4.69, 9.17) is 4.74 Å². The highest BCUT2D eigenvalue weighted by Crippen LogP contribution is 2.16. The van der Waals surface area contributed by atoms with Gasteiger partial charge in [0.25, 0.3) is 11.8 Å². The van der Waals surface area contributed by atoms with Gasteiger partial charge in [-0.15, -0.1) is 0 Å². The van der Waals surface area contributed by atoms with Crippen LogP contribution in [0.4, 0.5) is 4.39 Å². The number of halogens is 1. The Morgan fingerprint density at radius 1 is 1.07 bits per heavy atom. The molecule has 1 atom stereocenters. The lowest BCUT2D eigenvalue weighted by Gasteiger charge is -2.16. The van der Waals surface area contributed by atoms with Crippen molar-refractivity contribution in [3.05, 3.63) is 70.5 Å². The molecule has 0 bridgehead atoms. The number of nitrogens with one attached hydrogen (secondary N) is 2. The third kappa shape index (κ3) is 6.19. The second kappa shape index (κ2) is 9.64. The average molecular weight is 386 g/mol. The summed E-state index contributed by atoms with van der Waals surface area (Å²) >= 11 is 0. The van der Waals surface area contributed by atoms with Crippen molar-refractivity contribution in [2.24, 2.45) is 0 Å². The Bertz CT molecular complexity index is 882. The Labute approximate surface area is 163 Å². The first-order valence-electron chi connectivity index (χ1n) is 8.82. The van der Waals surface area contributed by atoms with Crippen LogP contribution >= 0.6 is 0 Å². The highest BCUT2D eigenvalue weighted by Gasteiger charge is 2.14. The summed E-state index contributed by atoms with van der Waals surface area (Å²) in [5, 5.41) is 5.07. The summed E-state index contributed by atoms with van der Waals surface area (Å²) in [5.74, 6) is -2.37. The van der Waals surface area contributed by atoms with E-state index in [2.05, 4.69) is 10.6 Å². The molecule has 0 saturated heterocycles. The summed E-state index contributed by atoms with van der Waals surface area (Å²) in [6, 6.07) is 10.8. The lowest BCUT2D eigenvalue weighted by Crippen LogP contribution is -2.34. The van der Waals surface area contributed by atoms with Crippen molar-refractivity contribution in [1.29, 1.82) is 0 Å². The molecule has 2 rings (SSSR count). The van der Waals surface area contributed by atoms with Gasteiger partial charge in [0.2, 0.25) is 0 Å². The van der Waals surface area contributed by atoms with Crippen LogP contribution in [0.1, 0.15) is 40.0 Å². The van der Waals surface area contributed by atoms with Gasteiger partial charge in [0.15, 0.2) is 6.61 Å². The van der Waals surface area contributed by atoms with Gasteiger partial charge in [-0.3, -0.25) is 14.4 Å². The second-order valence-corrected chi connectivity index (χ2v) is 6.49. The van der Waals surface area contributed by atoms with Crippen molar-refractivity contribution in [1.82, 2.24) is 10.6 Å². The Balaban J connectivity index is 1.75. The summed E-state index contributed by atoms with van der Waals surface area (Å²) in [6.07, 6.45) is 0. The molecule has 0 unspecified atom stereocenters. The number of hydrogen-bond acceptors (Lipinski definition) is 4. The molecule has 0 aliphatic rings. The van der Waals surface area contributed by atoms with Crippen LogP contribution in [0, 0.1) is 19.7 Å². The van der Waals surface area contributed by atoms with Crippen LogP contribution in [-0.2, 0) is 14.3 Å². The molecule has 28 heavy (non-hydrogen) atoms. The van der Waals surface area contributed by atoms with Gasteiger partial charge in [-0.2, -0.15) is 0 Å². The molecule has 7 heteroatoms. The van der Waals surface area contributed by atoms with Crippen molar-refractivity contribution >= 4 is 17.8 Å².